The molecule has 2 rings (SSSR count). The summed E-state index contributed by atoms with van der Waals surface area (Å²) in [6, 6.07) is 6.88. The van der Waals surface area contributed by atoms with Gasteiger partial charge in [-0.25, -0.2) is 0 Å². The van der Waals surface area contributed by atoms with Gasteiger partial charge in [0.1, 0.15) is 0 Å². The van der Waals surface area contributed by atoms with Crippen LogP contribution in [0.15, 0.2) is 41.5 Å². The lowest BCUT2D eigenvalue weighted by Gasteiger charge is -2.20. The SMILES string of the molecule is CC1=CC(c2cc(C)cc(C)c2)CC(C)=C1. The zero-order valence-corrected chi connectivity index (χ0v) is 10.7. The van der Waals surface area contributed by atoms with Crippen LogP contribution in [-0.4, -0.2) is 0 Å². The molecule has 0 saturated carbocycles. The van der Waals surface area contributed by atoms with Gasteiger partial charge in [0.05, 0.1) is 0 Å². The summed E-state index contributed by atoms with van der Waals surface area (Å²) in [5, 5.41) is 0. The number of hydrogen-bond acceptors (Lipinski definition) is 0. The summed E-state index contributed by atoms with van der Waals surface area (Å²) in [7, 11) is 0. The Labute approximate surface area is 98.7 Å². The third-order valence-electron chi connectivity index (χ3n) is 3.15. The lowest BCUT2D eigenvalue weighted by atomic mass is 9.85. The van der Waals surface area contributed by atoms with Gasteiger partial charge in [0, 0.05) is 5.92 Å². The lowest BCUT2D eigenvalue weighted by Crippen LogP contribution is -2.02. The Morgan fingerprint density at radius 3 is 2.12 bits per heavy atom. The van der Waals surface area contributed by atoms with Crippen molar-refractivity contribution in [3.63, 3.8) is 0 Å². The van der Waals surface area contributed by atoms with E-state index in [1.807, 2.05) is 0 Å². The molecule has 1 aliphatic rings. The highest BCUT2D eigenvalue weighted by molar-refractivity contribution is 5.38. The Kier molecular flexibility index (Phi) is 3.00. The highest BCUT2D eigenvalue weighted by Gasteiger charge is 2.13. The number of aryl methyl sites for hydroxylation is 2. The van der Waals surface area contributed by atoms with Gasteiger partial charge in [0.2, 0.25) is 0 Å². The predicted octanol–water partition coefficient (Wildman–Crippen LogP) is 4.68. The van der Waals surface area contributed by atoms with E-state index in [2.05, 4.69) is 58.0 Å². The minimum Gasteiger partial charge on any atom is -0.0738 e. The molecule has 1 aliphatic carbocycles. The number of rotatable bonds is 1. The molecule has 1 aromatic rings. The van der Waals surface area contributed by atoms with Crippen LogP contribution in [0.25, 0.3) is 0 Å². The van der Waals surface area contributed by atoms with Crippen LogP contribution in [0.5, 0.6) is 0 Å². The van der Waals surface area contributed by atoms with Crippen molar-refractivity contribution in [3.05, 3.63) is 58.2 Å². The molecule has 0 bridgehead atoms. The van der Waals surface area contributed by atoms with E-state index in [1.54, 1.807) is 0 Å². The topological polar surface area (TPSA) is 0 Å². The molecule has 84 valence electrons. The highest BCUT2D eigenvalue weighted by atomic mass is 14.2. The molecule has 0 fully saturated rings. The minimum atomic E-state index is 0.573. The Morgan fingerprint density at radius 2 is 1.56 bits per heavy atom. The second-order valence-electron chi connectivity index (χ2n) is 5.13. The van der Waals surface area contributed by atoms with Gasteiger partial charge in [-0.15, -0.1) is 0 Å². The Bertz CT molecular complexity index is 441. The molecule has 1 unspecified atom stereocenters. The van der Waals surface area contributed by atoms with Gasteiger partial charge in [-0.05, 0) is 39.7 Å². The van der Waals surface area contributed by atoms with Crippen LogP contribution >= 0.6 is 0 Å². The molecule has 0 heteroatoms. The fourth-order valence-electron chi connectivity index (χ4n) is 2.66. The first-order valence-electron chi connectivity index (χ1n) is 5.98. The van der Waals surface area contributed by atoms with E-state index < -0.39 is 0 Å². The van der Waals surface area contributed by atoms with E-state index in [0.29, 0.717) is 5.92 Å². The van der Waals surface area contributed by atoms with Gasteiger partial charge in [-0.1, -0.05) is 52.6 Å². The fraction of sp³-hybridized carbons (Fsp3) is 0.375. The average Bonchev–Trinajstić information content (AvgIpc) is 2.14. The molecule has 0 saturated heterocycles. The second kappa shape index (κ2) is 4.29. The Balaban J connectivity index is 2.35. The number of allylic oxidation sites excluding steroid dienone is 4. The van der Waals surface area contributed by atoms with E-state index in [-0.39, 0.29) is 0 Å². The third kappa shape index (κ3) is 2.44. The molecule has 1 atom stereocenters. The van der Waals surface area contributed by atoms with Crippen molar-refractivity contribution < 1.29 is 0 Å². The summed E-state index contributed by atoms with van der Waals surface area (Å²) in [6.07, 6.45) is 5.85. The van der Waals surface area contributed by atoms with Crippen molar-refractivity contribution in [1.29, 1.82) is 0 Å². The van der Waals surface area contributed by atoms with Gasteiger partial charge in [0.25, 0.3) is 0 Å². The fourth-order valence-corrected chi connectivity index (χ4v) is 2.66. The van der Waals surface area contributed by atoms with Crippen LogP contribution in [0.2, 0.25) is 0 Å². The maximum atomic E-state index is 2.39. The third-order valence-corrected chi connectivity index (χ3v) is 3.15. The van der Waals surface area contributed by atoms with Crippen molar-refractivity contribution in [2.24, 2.45) is 0 Å². The second-order valence-corrected chi connectivity index (χ2v) is 5.13. The van der Waals surface area contributed by atoms with E-state index in [0.717, 1.165) is 0 Å². The van der Waals surface area contributed by atoms with Crippen molar-refractivity contribution in [3.8, 4) is 0 Å². The van der Waals surface area contributed by atoms with Crippen LogP contribution in [0, 0.1) is 13.8 Å². The summed E-state index contributed by atoms with van der Waals surface area (Å²) >= 11 is 0. The summed E-state index contributed by atoms with van der Waals surface area (Å²) < 4.78 is 0. The molecule has 0 aliphatic heterocycles. The highest BCUT2D eigenvalue weighted by Crippen LogP contribution is 2.31. The van der Waals surface area contributed by atoms with Crippen molar-refractivity contribution in [2.45, 2.75) is 40.0 Å². The van der Waals surface area contributed by atoms with Crippen molar-refractivity contribution in [2.75, 3.05) is 0 Å². The van der Waals surface area contributed by atoms with Gasteiger partial charge in [0.15, 0.2) is 0 Å². The first-order valence-corrected chi connectivity index (χ1v) is 5.98. The van der Waals surface area contributed by atoms with E-state index >= 15 is 0 Å². The van der Waals surface area contributed by atoms with Crippen molar-refractivity contribution in [1.82, 2.24) is 0 Å². The monoisotopic (exact) mass is 212 g/mol. The molecule has 16 heavy (non-hydrogen) atoms. The zero-order valence-electron chi connectivity index (χ0n) is 10.7. The molecule has 0 radical (unpaired) electrons. The first-order chi connectivity index (χ1) is 7.54. The average molecular weight is 212 g/mol. The molecule has 0 nitrogen and oxygen atoms in total. The maximum absolute atomic E-state index is 2.39. The van der Waals surface area contributed by atoms with Gasteiger partial charge in [-0.3, -0.25) is 0 Å². The molecule has 0 spiro atoms. The van der Waals surface area contributed by atoms with Gasteiger partial charge >= 0.3 is 0 Å². The van der Waals surface area contributed by atoms with Crippen LogP contribution < -0.4 is 0 Å². The number of benzene rings is 1. The summed E-state index contributed by atoms with van der Waals surface area (Å²) in [5.74, 6) is 0.573. The minimum absolute atomic E-state index is 0.573. The standard InChI is InChI=1S/C16H20/c1-11-5-12(2)8-15(7-11)16-9-13(3)6-14(4)10-16/h5-9,16H,10H2,1-4H3. The number of hydrogen-bond donors (Lipinski definition) is 0. The normalized spacial score (nSPS) is 20.4. The lowest BCUT2D eigenvalue weighted by molar-refractivity contribution is 0.801. The van der Waals surface area contributed by atoms with Crippen molar-refractivity contribution >= 4 is 0 Å². The van der Waals surface area contributed by atoms with E-state index in [9.17, 15) is 0 Å². The van der Waals surface area contributed by atoms with Gasteiger partial charge < -0.3 is 0 Å². The van der Waals surface area contributed by atoms with Gasteiger partial charge in [-0.2, -0.15) is 0 Å². The molecule has 1 aromatic carbocycles. The summed E-state index contributed by atoms with van der Waals surface area (Å²) in [6.45, 7) is 8.78. The van der Waals surface area contributed by atoms with E-state index in [1.165, 1.54) is 34.3 Å². The first kappa shape index (κ1) is 11.2. The van der Waals surface area contributed by atoms with Crippen LogP contribution in [0.4, 0.5) is 0 Å². The van der Waals surface area contributed by atoms with Crippen LogP contribution in [-0.2, 0) is 0 Å². The Hall–Kier alpha value is -1.30. The molecule has 0 N–H and O–H groups in total. The molecular formula is C16H20. The predicted molar refractivity (Wildman–Crippen MR) is 70.8 cm³/mol. The summed E-state index contributed by atoms with van der Waals surface area (Å²) in [5.41, 5.74) is 7.09. The largest absolute Gasteiger partial charge is 0.0738 e. The summed E-state index contributed by atoms with van der Waals surface area (Å²) in [4.78, 5) is 0. The molecule has 0 aromatic heterocycles. The smallest absolute Gasteiger partial charge is 0.00610 e. The molecule has 0 heterocycles. The van der Waals surface area contributed by atoms with Crippen LogP contribution in [0.1, 0.15) is 42.9 Å². The maximum Gasteiger partial charge on any atom is 0.00610 e. The molecule has 0 amide bonds. The van der Waals surface area contributed by atoms with Crippen LogP contribution in [0.3, 0.4) is 0 Å². The Morgan fingerprint density at radius 1 is 0.938 bits per heavy atom. The zero-order chi connectivity index (χ0) is 11.7. The van der Waals surface area contributed by atoms with E-state index in [4.69, 9.17) is 0 Å². The quantitative estimate of drug-likeness (QED) is 0.634. The molecular weight excluding hydrogens is 192 g/mol.